The molecule has 0 aliphatic rings. The van der Waals surface area contributed by atoms with Gasteiger partial charge < -0.3 is 11.5 Å². The summed E-state index contributed by atoms with van der Waals surface area (Å²) in [6, 6.07) is 8.70. The van der Waals surface area contributed by atoms with Crippen LogP contribution in [0, 0.1) is 0 Å². The summed E-state index contributed by atoms with van der Waals surface area (Å²) in [5, 5.41) is 0. The van der Waals surface area contributed by atoms with Gasteiger partial charge in [-0.05, 0) is 24.5 Å². The summed E-state index contributed by atoms with van der Waals surface area (Å²) in [5.74, 6) is 0.279. The van der Waals surface area contributed by atoms with Crippen LogP contribution in [0.5, 0.6) is 0 Å². The van der Waals surface area contributed by atoms with Gasteiger partial charge in [-0.25, -0.2) is 0 Å². The highest BCUT2D eigenvalue weighted by Gasteiger charge is 2.13. The Morgan fingerprint density at radius 1 is 1.21 bits per heavy atom. The molecule has 0 saturated carbocycles. The smallest absolute Gasteiger partial charge is 0.0110 e. The monoisotopic (exact) mass is 192 g/mol. The molecule has 1 rings (SSSR count). The molecule has 4 N–H and O–H groups in total. The van der Waals surface area contributed by atoms with Crippen molar-refractivity contribution >= 4 is 0 Å². The van der Waals surface area contributed by atoms with Gasteiger partial charge in [-0.3, -0.25) is 0 Å². The molecule has 0 saturated heterocycles. The highest BCUT2D eigenvalue weighted by Crippen LogP contribution is 2.18. The van der Waals surface area contributed by atoms with Crippen molar-refractivity contribution in [2.75, 3.05) is 6.54 Å². The molecule has 2 heteroatoms. The standard InChI is InChI=1S/C12H20N2/c1-3-10-4-6-11(7-5-10)12(8-13)9(2)14/h4-7,9,12H,3,8,13-14H2,1-2H3. The molecule has 0 bridgehead atoms. The predicted molar refractivity (Wildman–Crippen MR) is 61.3 cm³/mol. The summed E-state index contributed by atoms with van der Waals surface area (Å²) in [5.41, 5.74) is 14.2. The summed E-state index contributed by atoms with van der Waals surface area (Å²) in [6.07, 6.45) is 1.08. The van der Waals surface area contributed by atoms with Gasteiger partial charge in [0.05, 0.1) is 0 Å². The third kappa shape index (κ3) is 2.56. The fraction of sp³-hybridized carbons (Fsp3) is 0.500. The normalized spacial score (nSPS) is 15.1. The zero-order chi connectivity index (χ0) is 10.6. The molecular weight excluding hydrogens is 172 g/mol. The Balaban J connectivity index is 2.84. The summed E-state index contributed by atoms with van der Waals surface area (Å²) in [6.45, 7) is 4.77. The second-order valence-corrected chi connectivity index (χ2v) is 3.80. The molecule has 2 nitrogen and oxygen atoms in total. The third-order valence-corrected chi connectivity index (χ3v) is 2.70. The van der Waals surface area contributed by atoms with Crippen LogP contribution in [-0.2, 0) is 6.42 Å². The van der Waals surface area contributed by atoms with Gasteiger partial charge in [0.15, 0.2) is 0 Å². The van der Waals surface area contributed by atoms with Crippen molar-refractivity contribution in [2.45, 2.75) is 32.2 Å². The molecule has 0 spiro atoms. The van der Waals surface area contributed by atoms with Crippen LogP contribution >= 0.6 is 0 Å². The first kappa shape index (κ1) is 11.2. The molecule has 2 atom stereocenters. The SMILES string of the molecule is CCc1ccc(C(CN)C(C)N)cc1. The number of hydrogen-bond acceptors (Lipinski definition) is 2. The van der Waals surface area contributed by atoms with Crippen LogP contribution in [-0.4, -0.2) is 12.6 Å². The predicted octanol–water partition coefficient (Wildman–Crippen LogP) is 1.64. The topological polar surface area (TPSA) is 52.0 Å². The molecule has 1 aromatic carbocycles. The van der Waals surface area contributed by atoms with Crippen LogP contribution in [0.15, 0.2) is 24.3 Å². The van der Waals surface area contributed by atoms with E-state index in [0.717, 1.165) is 6.42 Å². The highest BCUT2D eigenvalue weighted by molar-refractivity contribution is 5.26. The number of rotatable bonds is 4. The number of aryl methyl sites for hydroxylation is 1. The average Bonchev–Trinajstić information content (AvgIpc) is 2.19. The van der Waals surface area contributed by atoms with Crippen molar-refractivity contribution in [3.8, 4) is 0 Å². The van der Waals surface area contributed by atoms with Gasteiger partial charge in [0.2, 0.25) is 0 Å². The molecular formula is C12H20N2. The van der Waals surface area contributed by atoms with Crippen molar-refractivity contribution < 1.29 is 0 Å². The molecule has 14 heavy (non-hydrogen) atoms. The van der Waals surface area contributed by atoms with E-state index in [-0.39, 0.29) is 12.0 Å². The van der Waals surface area contributed by atoms with Crippen LogP contribution < -0.4 is 11.5 Å². The van der Waals surface area contributed by atoms with Crippen LogP contribution in [0.3, 0.4) is 0 Å². The van der Waals surface area contributed by atoms with E-state index < -0.39 is 0 Å². The third-order valence-electron chi connectivity index (χ3n) is 2.70. The Morgan fingerprint density at radius 2 is 1.79 bits per heavy atom. The van der Waals surface area contributed by atoms with Crippen molar-refractivity contribution in [2.24, 2.45) is 11.5 Å². The van der Waals surface area contributed by atoms with Crippen molar-refractivity contribution in [3.05, 3.63) is 35.4 Å². The Kier molecular flexibility index (Phi) is 4.11. The molecule has 0 aromatic heterocycles. The number of nitrogens with two attached hydrogens (primary N) is 2. The van der Waals surface area contributed by atoms with Crippen LogP contribution in [0.4, 0.5) is 0 Å². The molecule has 0 heterocycles. The largest absolute Gasteiger partial charge is 0.330 e. The minimum absolute atomic E-state index is 0.118. The quantitative estimate of drug-likeness (QED) is 0.762. The Labute approximate surface area is 86.3 Å². The van der Waals surface area contributed by atoms with Crippen molar-refractivity contribution in [1.82, 2.24) is 0 Å². The van der Waals surface area contributed by atoms with Gasteiger partial charge in [-0.2, -0.15) is 0 Å². The maximum atomic E-state index is 5.87. The molecule has 1 aromatic rings. The average molecular weight is 192 g/mol. The summed E-state index contributed by atoms with van der Waals surface area (Å²) in [4.78, 5) is 0. The van der Waals surface area contributed by atoms with E-state index in [4.69, 9.17) is 11.5 Å². The van der Waals surface area contributed by atoms with Crippen LogP contribution in [0.1, 0.15) is 30.9 Å². The van der Waals surface area contributed by atoms with Gasteiger partial charge in [0, 0.05) is 18.5 Å². The summed E-state index contributed by atoms with van der Waals surface area (Å²) >= 11 is 0. The fourth-order valence-corrected chi connectivity index (χ4v) is 1.65. The first-order valence-corrected chi connectivity index (χ1v) is 5.23. The van der Waals surface area contributed by atoms with Gasteiger partial charge >= 0.3 is 0 Å². The molecule has 78 valence electrons. The highest BCUT2D eigenvalue weighted by atomic mass is 14.7. The van der Waals surface area contributed by atoms with E-state index in [1.165, 1.54) is 11.1 Å². The Bertz CT molecular complexity index is 264. The van der Waals surface area contributed by atoms with E-state index in [1.807, 2.05) is 6.92 Å². The fourth-order valence-electron chi connectivity index (χ4n) is 1.65. The zero-order valence-electron chi connectivity index (χ0n) is 9.03. The van der Waals surface area contributed by atoms with E-state index in [0.29, 0.717) is 6.54 Å². The Hall–Kier alpha value is -0.860. The first-order chi connectivity index (χ1) is 6.69. The van der Waals surface area contributed by atoms with Crippen LogP contribution in [0.25, 0.3) is 0 Å². The summed E-state index contributed by atoms with van der Waals surface area (Å²) < 4.78 is 0. The second-order valence-electron chi connectivity index (χ2n) is 3.80. The number of hydrogen-bond donors (Lipinski definition) is 2. The van der Waals surface area contributed by atoms with Gasteiger partial charge in [0.1, 0.15) is 0 Å². The van der Waals surface area contributed by atoms with Crippen molar-refractivity contribution in [1.29, 1.82) is 0 Å². The maximum Gasteiger partial charge on any atom is 0.0110 e. The van der Waals surface area contributed by atoms with Crippen LogP contribution in [0.2, 0.25) is 0 Å². The van der Waals surface area contributed by atoms with Crippen molar-refractivity contribution in [3.63, 3.8) is 0 Å². The van der Waals surface area contributed by atoms with E-state index in [1.54, 1.807) is 0 Å². The lowest BCUT2D eigenvalue weighted by Gasteiger charge is -2.19. The molecule has 0 radical (unpaired) electrons. The van der Waals surface area contributed by atoms with Gasteiger partial charge in [0.25, 0.3) is 0 Å². The summed E-state index contributed by atoms with van der Waals surface area (Å²) in [7, 11) is 0. The molecule has 0 aliphatic heterocycles. The molecule has 2 unspecified atom stereocenters. The lowest BCUT2D eigenvalue weighted by Crippen LogP contribution is -2.30. The minimum atomic E-state index is 0.118. The molecule has 0 fully saturated rings. The Morgan fingerprint density at radius 3 is 2.14 bits per heavy atom. The molecule has 0 amide bonds. The minimum Gasteiger partial charge on any atom is -0.330 e. The lowest BCUT2D eigenvalue weighted by molar-refractivity contribution is 0.577. The maximum absolute atomic E-state index is 5.87. The van der Waals surface area contributed by atoms with E-state index in [2.05, 4.69) is 31.2 Å². The zero-order valence-corrected chi connectivity index (χ0v) is 9.03. The van der Waals surface area contributed by atoms with E-state index in [9.17, 15) is 0 Å². The van der Waals surface area contributed by atoms with Gasteiger partial charge in [-0.1, -0.05) is 31.2 Å². The first-order valence-electron chi connectivity index (χ1n) is 5.23. The second kappa shape index (κ2) is 5.13. The molecule has 0 aliphatic carbocycles. The van der Waals surface area contributed by atoms with Gasteiger partial charge in [-0.15, -0.1) is 0 Å². The number of benzene rings is 1. The van der Waals surface area contributed by atoms with E-state index >= 15 is 0 Å². The lowest BCUT2D eigenvalue weighted by atomic mass is 9.92.